The predicted molar refractivity (Wildman–Crippen MR) is 118 cm³/mol. The lowest BCUT2D eigenvalue weighted by Gasteiger charge is -2.36. The van der Waals surface area contributed by atoms with E-state index < -0.39 is 5.60 Å². The smallest absolute Gasteiger partial charge is 0.407 e. The summed E-state index contributed by atoms with van der Waals surface area (Å²) in [6.07, 6.45) is 3.14. The molecule has 7 heteroatoms. The molecule has 0 radical (unpaired) electrons. The molecule has 3 aliphatic rings. The summed E-state index contributed by atoms with van der Waals surface area (Å²) < 4.78 is 10.8. The molecule has 1 aromatic rings. The third-order valence-electron chi connectivity index (χ3n) is 6.96. The van der Waals surface area contributed by atoms with Crippen molar-refractivity contribution in [3.05, 3.63) is 29.3 Å². The number of alkyl carbamates (subject to hydrolysis) is 1. The molecule has 4 rings (SSSR count). The quantitative estimate of drug-likeness (QED) is 0.772. The van der Waals surface area contributed by atoms with Crippen LogP contribution in [-0.4, -0.2) is 55.3 Å². The molecule has 3 atom stereocenters. The van der Waals surface area contributed by atoms with E-state index in [0.29, 0.717) is 13.1 Å². The third-order valence-corrected chi connectivity index (χ3v) is 6.96. The van der Waals surface area contributed by atoms with E-state index in [1.54, 1.807) is 7.11 Å². The molecule has 7 nitrogen and oxygen atoms in total. The number of carbonyl (C=O) groups is 2. The second-order valence-corrected chi connectivity index (χ2v) is 10.3. The van der Waals surface area contributed by atoms with Gasteiger partial charge in [-0.15, -0.1) is 0 Å². The SMILES string of the molecule is COc1ccc2c(c1)CN(C(=O)C1CNCC13CCC(NC(=O)OC(C)(C)C)C3)CC2. The van der Waals surface area contributed by atoms with Crippen molar-refractivity contribution in [1.82, 2.24) is 15.5 Å². The molecule has 2 N–H and O–H groups in total. The Morgan fingerprint density at radius 3 is 2.81 bits per heavy atom. The minimum Gasteiger partial charge on any atom is -0.497 e. The third kappa shape index (κ3) is 4.66. The van der Waals surface area contributed by atoms with E-state index in [4.69, 9.17) is 9.47 Å². The van der Waals surface area contributed by atoms with E-state index in [1.807, 2.05) is 37.8 Å². The van der Waals surface area contributed by atoms with Gasteiger partial charge in [-0.05, 0) is 75.1 Å². The van der Waals surface area contributed by atoms with Gasteiger partial charge in [-0.2, -0.15) is 0 Å². The van der Waals surface area contributed by atoms with E-state index in [1.165, 1.54) is 11.1 Å². The van der Waals surface area contributed by atoms with Crippen molar-refractivity contribution in [3.8, 4) is 5.75 Å². The Morgan fingerprint density at radius 1 is 1.26 bits per heavy atom. The molecule has 3 unspecified atom stereocenters. The van der Waals surface area contributed by atoms with E-state index in [2.05, 4.69) is 16.7 Å². The van der Waals surface area contributed by atoms with Crippen molar-refractivity contribution in [2.24, 2.45) is 11.3 Å². The maximum Gasteiger partial charge on any atom is 0.407 e. The number of nitrogens with one attached hydrogen (secondary N) is 2. The van der Waals surface area contributed by atoms with Gasteiger partial charge < -0.3 is 25.0 Å². The van der Waals surface area contributed by atoms with Gasteiger partial charge in [0.1, 0.15) is 11.4 Å². The summed E-state index contributed by atoms with van der Waals surface area (Å²) in [5.74, 6) is 1.01. The highest BCUT2D eigenvalue weighted by Gasteiger charge is 2.52. The normalized spacial score (nSPS) is 27.8. The average molecular weight is 430 g/mol. The second-order valence-electron chi connectivity index (χ2n) is 10.3. The molecular formula is C24H35N3O4. The zero-order chi connectivity index (χ0) is 22.2. The van der Waals surface area contributed by atoms with Crippen LogP contribution in [0.3, 0.4) is 0 Å². The lowest BCUT2D eigenvalue weighted by Crippen LogP contribution is -2.46. The van der Waals surface area contributed by atoms with E-state index in [0.717, 1.165) is 44.5 Å². The predicted octanol–water partition coefficient (Wildman–Crippen LogP) is 2.86. The first-order chi connectivity index (χ1) is 14.7. The molecule has 2 heterocycles. The van der Waals surface area contributed by atoms with E-state index >= 15 is 0 Å². The Labute approximate surface area is 184 Å². The average Bonchev–Trinajstić information content (AvgIpc) is 3.31. The van der Waals surface area contributed by atoms with Crippen LogP contribution in [0.5, 0.6) is 5.75 Å². The van der Waals surface area contributed by atoms with Gasteiger partial charge in [0, 0.05) is 32.2 Å². The lowest BCUT2D eigenvalue weighted by molar-refractivity contribution is -0.139. The van der Waals surface area contributed by atoms with Gasteiger partial charge >= 0.3 is 6.09 Å². The van der Waals surface area contributed by atoms with Crippen molar-refractivity contribution in [2.75, 3.05) is 26.7 Å². The van der Waals surface area contributed by atoms with Crippen molar-refractivity contribution >= 4 is 12.0 Å². The van der Waals surface area contributed by atoms with Gasteiger partial charge in [0.05, 0.1) is 13.0 Å². The molecule has 170 valence electrons. The molecule has 2 fully saturated rings. The topological polar surface area (TPSA) is 79.9 Å². The fourth-order valence-electron chi connectivity index (χ4n) is 5.45. The van der Waals surface area contributed by atoms with Crippen LogP contribution in [0.4, 0.5) is 4.79 Å². The molecule has 1 spiro atoms. The molecule has 1 saturated heterocycles. The number of methoxy groups -OCH3 is 1. The number of hydrogen-bond acceptors (Lipinski definition) is 5. The first-order valence-electron chi connectivity index (χ1n) is 11.3. The van der Waals surface area contributed by atoms with Crippen LogP contribution in [0, 0.1) is 11.3 Å². The Hall–Kier alpha value is -2.28. The summed E-state index contributed by atoms with van der Waals surface area (Å²) in [4.78, 5) is 27.8. The molecule has 1 aliphatic carbocycles. The molecule has 1 aromatic carbocycles. The van der Waals surface area contributed by atoms with Crippen LogP contribution < -0.4 is 15.4 Å². The first-order valence-corrected chi connectivity index (χ1v) is 11.3. The molecule has 2 aliphatic heterocycles. The van der Waals surface area contributed by atoms with Gasteiger partial charge in [0.15, 0.2) is 0 Å². The van der Waals surface area contributed by atoms with Gasteiger partial charge in [0.25, 0.3) is 0 Å². The minimum absolute atomic E-state index is 0.0508. The second kappa shape index (κ2) is 8.34. The number of ether oxygens (including phenoxy) is 2. The summed E-state index contributed by atoms with van der Waals surface area (Å²) in [7, 11) is 1.67. The van der Waals surface area contributed by atoms with Crippen LogP contribution in [0.15, 0.2) is 18.2 Å². The zero-order valence-corrected chi connectivity index (χ0v) is 19.1. The zero-order valence-electron chi connectivity index (χ0n) is 19.1. The monoisotopic (exact) mass is 429 g/mol. The van der Waals surface area contributed by atoms with E-state index in [-0.39, 0.29) is 29.4 Å². The number of carbonyl (C=O) groups excluding carboxylic acids is 2. The number of rotatable bonds is 3. The molecule has 0 bridgehead atoms. The number of amides is 2. The van der Waals surface area contributed by atoms with Crippen molar-refractivity contribution < 1.29 is 19.1 Å². The number of hydrogen-bond donors (Lipinski definition) is 2. The van der Waals surface area contributed by atoms with Crippen LogP contribution in [-0.2, 0) is 22.5 Å². The van der Waals surface area contributed by atoms with Crippen molar-refractivity contribution in [1.29, 1.82) is 0 Å². The highest BCUT2D eigenvalue weighted by molar-refractivity contribution is 5.81. The maximum absolute atomic E-state index is 13.6. The standard InChI is InChI=1S/C24H35N3O4/c1-23(2,3)31-22(29)26-18-7-9-24(12-18)15-25-13-20(24)21(28)27-10-8-16-5-6-19(30-4)11-17(16)14-27/h5-6,11,18,20,25H,7-10,12-15H2,1-4H3,(H,26,29). The molecule has 1 saturated carbocycles. The highest BCUT2D eigenvalue weighted by Crippen LogP contribution is 2.47. The highest BCUT2D eigenvalue weighted by atomic mass is 16.6. The Bertz CT molecular complexity index is 850. The summed E-state index contributed by atoms with van der Waals surface area (Å²) in [5.41, 5.74) is 1.87. The summed E-state index contributed by atoms with van der Waals surface area (Å²) in [6.45, 7) is 8.52. The summed E-state index contributed by atoms with van der Waals surface area (Å²) >= 11 is 0. The number of nitrogens with zero attached hydrogens (tertiary/aromatic N) is 1. The maximum atomic E-state index is 13.6. The fraction of sp³-hybridized carbons (Fsp3) is 0.667. The lowest BCUT2D eigenvalue weighted by atomic mass is 9.75. The van der Waals surface area contributed by atoms with Gasteiger partial charge in [-0.1, -0.05) is 6.07 Å². The van der Waals surface area contributed by atoms with Crippen LogP contribution in [0.25, 0.3) is 0 Å². The van der Waals surface area contributed by atoms with Crippen LogP contribution >= 0.6 is 0 Å². The largest absolute Gasteiger partial charge is 0.497 e. The van der Waals surface area contributed by atoms with E-state index in [9.17, 15) is 9.59 Å². The van der Waals surface area contributed by atoms with Crippen LogP contribution in [0.2, 0.25) is 0 Å². The molecular weight excluding hydrogens is 394 g/mol. The van der Waals surface area contributed by atoms with Gasteiger partial charge in [-0.3, -0.25) is 4.79 Å². The molecule has 0 aromatic heterocycles. The fourth-order valence-corrected chi connectivity index (χ4v) is 5.45. The summed E-state index contributed by atoms with van der Waals surface area (Å²) in [5, 5.41) is 6.49. The Kier molecular flexibility index (Phi) is 5.90. The molecule has 31 heavy (non-hydrogen) atoms. The Morgan fingerprint density at radius 2 is 2.06 bits per heavy atom. The number of benzene rings is 1. The van der Waals surface area contributed by atoms with Crippen LogP contribution in [0.1, 0.15) is 51.2 Å². The number of fused-ring (bicyclic) bond motifs is 1. The van der Waals surface area contributed by atoms with Crippen molar-refractivity contribution in [2.45, 2.75) is 64.6 Å². The first kappa shape index (κ1) is 21.9. The van der Waals surface area contributed by atoms with Gasteiger partial charge in [-0.25, -0.2) is 4.79 Å². The minimum atomic E-state index is -0.513. The van der Waals surface area contributed by atoms with Gasteiger partial charge in [0.2, 0.25) is 5.91 Å². The van der Waals surface area contributed by atoms with Crippen molar-refractivity contribution in [3.63, 3.8) is 0 Å². The summed E-state index contributed by atoms with van der Waals surface area (Å²) in [6, 6.07) is 6.20. The molecule has 2 amide bonds. The Balaban J connectivity index is 1.41.